The van der Waals surface area contributed by atoms with Gasteiger partial charge in [-0.2, -0.15) is 0 Å². The molecule has 0 bridgehead atoms. The van der Waals surface area contributed by atoms with Crippen LogP contribution < -0.4 is 9.64 Å². The van der Waals surface area contributed by atoms with Crippen molar-refractivity contribution in [3.63, 3.8) is 0 Å². The first kappa shape index (κ1) is 19.4. The minimum absolute atomic E-state index is 0.0398. The predicted molar refractivity (Wildman–Crippen MR) is 107 cm³/mol. The maximum Gasteiger partial charge on any atom is 0.314 e. The number of halogens is 1. The number of carbonyl (C=O) groups is 2. The van der Waals surface area contributed by atoms with Crippen molar-refractivity contribution in [2.45, 2.75) is 6.42 Å². The Kier molecular flexibility index (Phi) is 5.34. The van der Waals surface area contributed by atoms with E-state index >= 15 is 0 Å². The maximum atomic E-state index is 13.0. The van der Waals surface area contributed by atoms with Gasteiger partial charge in [0, 0.05) is 19.7 Å². The molecule has 1 aromatic heterocycles. The summed E-state index contributed by atoms with van der Waals surface area (Å²) in [5.41, 5.74) is 1.48. The number of aromatic nitrogens is 3. The van der Waals surface area contributed by atoms with E-state index in [2.05, 4.69) is 20.2 Å². The number of hydrogen-bond donors (Lipinski definition) is 1. The summed E-state index contributed by atoms with van der Waals surface area (Å²) in [6.07, 6.45) is 1.64. The number of rotatable bonds is 4. The van der Waals surface area contributed by atoms with E-state index in [9.17, 15) is 14.0 Å². The second-order valence-electron chi connectivity index (χ2n) is 6.79. The summed E-state index contributed by atoms with van der Waals surface area (Å²) in [6.45, 7) is 0.0726. The Bertz CT molecular complexity index is 1110. The number of amides is 2. The number of hydrogen-bond acceptors (Lipinski definition) is 5. The van der Waals surface area contributed by atoms with Gasteiger partial charge in [0.15, 0.2) is 0 Å². The van der Waals surface area contributed by atoms with Gasteiger partial charge in [-0.15, -0.1) is 10.2 Å². The van der Waals surface area contributed by atoms with E-state index in [-0.39, 0.29) is 24.2 Å². The molecule has 1 unspecified atom stereocenters. The van der Waals surface area contributed by atoms with Crippen LogP contribution in [0.4, 0.5) is 10.1 Å². The van der Waals surface area contributed by atoms with E-state index < -0.39 is 11.8 Å². The second-order valence-corrected chi connectivity index (χ2v) is 6.79. The molecule has 152 valence electrons. The van der Waals surface area contributed by atoms with Crippen molar-refractivity contribution in [3.05, 3.63) is 71.6 Å². The minimum atomic E-state index is -0.715. The Morgan fingerprint density at radius 1 is 1.27 bits per heavy atom. The molecule has 4 rings (SSSR count). The highest BCUT2D eigenvalue weighted by molar-refractivity contribution is 6.07. The number of nitrogens with one attached hydrogen (secondary N) is 1. The number of benzene rings is 2. The number of aliphatic imine (C=N–C) groups is 1. The minimum Gasteiger partial charge on any atom is -0.490 e. The molecule has 0 saturated heterocycles. The van der Waals surface area contributed by atoms with Crippen LogP contribution in [0.3, 0.4) is 0 Å². The molecule has 1 N–H and O–H groups in total. The van der Waals surface area contributed by atoms with Crippen molar-refractivity contribution < 1.29 is 18.7 Å². The topological polar surface area (TPSA) is 101 Å². The van der Waals surface area contributed by atoms with Crippen molar-refractivity contribution in [3.8, 4) is 5.75 Å². The average molecular weight is 407 g/mol. The largest absolute Gasteiger partial charge is 0.490 e. The number of carbonyl (C=O) groups excluding carboxylic acids is 2. The summed E-state index contributed by atoms with van der Waals surface area (Å²) >= 11 is 0. The van der Waals surface area contributed by atoms with E-state index in [4.69, 9.17) is 4.74 Å². The molecule has 1 aliphatic rings. The number of ether oxygens (including phenoxy) is 1. The zero-order chi connectivity index (χ0) is 21.1. The van der Waals surface area contributed by atoms with E-state index in [0.717, 1.165) is 5.56 Å². The predicted octanol–water partition coefficient (Wildman–Crippen LogP) is 2.42. The molecule has 0 radical (unpaired) electrons. The highest BCUT2D eigenvalue weighted by Gasteiger charge is 2.28. The number of para-hydroxylation sites is 2. The Balaban J connectivity index is 1.43. The Labute approximate surface area is 171 Å². The van der Waals surface area contributed by atoms with Crippen molar-refractivity contribution in [2.24, 2.45) is 10.9 Å². The molecule has 8 nitrogen and oxygen atoms in total. The quantitative estimate of drug-likeness (QED) is 0.670. The molecule has 0 spiro atoms. The van der Waals surface area contributed by atoms with E-state index in [1.54, 1.807) is 31.3 Å². The Morgan fingerprint density at radius 3 is 2.83 bits per heavy atom. The van der Waals surface area contributed by atoms with E-state index in [1.165, 1.54) is 23.2 Å². The first-order chi connectivity index (χ1) is 14.5. The SMILES string of the molecule is CN1C(=O)C(/C=N/C(=O)c2nnc(Cc3ccc(F)cc3)[nH]2)COc2ccccc21. The third kappa shape index (κ3) is 4.09. The van der Waals surface area contributed by atoms with Crippen molar-refractivity contribution in [2.75, 3.05) is 18.6 Å². The molecule has 30 heavy (non-hydrogen) atoms. The molecule has 2 heterocycles. The highest BCUT2D eigenvalue weighted by atomic mass is 19.1. The van der Waals surface area contributed by atoms with Crippen LogP contribution in [0.25, 0.3) is 0 Å². The van der Waals surface area contributed by atoms with Gasteiger partial charge in [0.2, 0.25) is 11.7 Å². The highest BCUT2D eigenvalue weighted by Crippen LogP contribution is 2.30. The van der Waals surface area contributed by atoms with Gasteiger partial charge in [0.25, 0.3) is 0 Å². The third-order valence-electron chi connectivity index (χ3n) is 4.69. The zero-order valence-corrected chi connectivity index (χ0v) is 16.1. The number of fused-ring (bicyclic) bond motifs is 1. The maximum absolute atomic E-state index is 13.0. The lowest BCUT2D eigenvalue weighted by Gasteiger charge is -2.17. The molecule has 2 amide bonds. The lowest BCUT2D eigenvalue weighted by Crippen LogP contribution is -2.34. The van der Waals surface area contributed by atoms with Crippen molar-refractivity contribution in [1.82, 2.24) is 15.2 Å². The first-order valence-corrected chi connectivity index (χ1v) is 9.25. The van der Waals surface area contributed by atoms with Gasteiger partial charge in [-0.1, -0.05) is 24.3 Å². The fourth-order valence-electron chi connectivity index (χ4n) is 3.07. The lowest BCUT2D eigenvalue weighted by atomic mass is 10.1. The lowest BCUT2D eigenvalue weighted by molar-refractivity contribution is -0.120. The van der Waals surface area contributed by atoms with Gasteiger partial charge in [-0.25, -0.2) is 9.38 Å². The Morgan fingerprint density at radius 2 is 2.03 bits per heavy atom. The molecule has 0 saturated carbocycles. The summed E-state index contributed by atoms with van der Waals surface area (Å²) in [5, 5.41) is 7.73. The number of H-pyrrole nitrogens is 1. The van der Waals surface area contributed by atoms with Gasteiger partial charge in [-0.05, 0) is 29.8 Å². The van der Waals surface area contributed by atoms with Crippen LogP contribution in [-0.2, 0) is 11.2 Å². The summed E-state index contributed by atoms with van der Waals surface area (Å²) < 4.78 is 18.7. The molecule has 0 aliphatic carbocycles. The third-order valence-corrected chi connectivity index (χ3v) is 4.69. The molecular formula is C21H18FN5O3. The van der Waals surface area contributed by atoms with Crippen LogP contribution in [0.15, 0.2) is 53.5 Å². The monoisotopic (exact) mass is 407 g/mol. The van der Waals surface area contributed by atoms with Gasteiger partial charge in [0.05, 0.1) is 5.69 Å². The Hall–Kier alpha value is -3.88. The van der Waals surface area contributed by atoms with Crippen LogP contribution in [-0.4, -0.2) is 46.9 Å². The van der Waals surface area contributed by atoms with Crippen LogP contribution in [0.1, 0.15) is 22.0 Å². The van der Waals surface area contributed by atoms with Crippen LogP contribution >= 0.6 is 0 Å². The summed E-state index contributed by atoms with van der Waals surface area (Å²) in [7, 11) is 1.65. The van der Waals surface area contributed by atoms with E-state index in [1.807, 2.05) is 12.1 Å². The summed E-state index contributed by atoms with van der Waals surface area (Å²) in [4.78, 5) is 33.2. The van der Waals surface area contributed by atoms with Gasteiger partial charge in [-0.3, -0.25) is 9.59 Å². The van der Waals surface area contributed by atoms with Gasteiger partial charge in [0.1, 0.15) is 29.9 Å². The van der Waals surface area contributed by atoms with Gasteiger partial charge >= 0.3 is 5.91 Å². The molecule has 0 fully saturated rings. The number of anilines is 1. The summed E-state index contributed by atoms with van der Waals surface area (Å²) in [6, 6.07) is 13.2. The van der Waals surface area contributed by atoms with Crippen LogP contribution in [0.2, 0.25) is 0 Å². The average Bonchev–Trinajstić information content (AvgIpc) is 3.19. The fraction of sp³-hybridized carbons (Fsp3) is 0.190. The van der Waals surface area contributed by atoms with Crippen molar-refractivity contribution in [1.29, 1.82) is 0 Å². The number of nitrogens with zero attached hydrogens (tertiary/aromatic N) is 4. The molecule has 9 heteroatoms. The fourth-order valence-corrected chi connectivity index (χ4v) is 3.07. The molecular weight excluding hydrogens is 389 g/mol. The molecule has 3 aromatic rings. The molecule has 2 aromatic carbocycles. The van der Waals surface area contributed by atoms with E-state index in [0.29, 0.717) is 23.7 Å². The molecule has 1 atom stereocenters. The normalized spacial score (nSPS) is 16.3. The standard InChI is InChI=1S/C21H18FN5O3/c1-27-16-4-2-3-5-17(16)30-12-14(21(27)29)11-23-20(28)19-24-18(25-26-19)10-13-6-8-15(22)9-7-13/h2-9,11,14H,10,12H2,1H3,(H,24,25,26)/b23-11+. The smallest absolute Gasteiger partial charge is 0.314 e. The van der Waals surface area contributed by atoms with Gasteiger partial charge < -0.3 is 14.6 Å². The molecule has 1 aliphatic heterocycles. The first-order valence-electron chi connectivity index (χ1n) is 9.25. The second kappa shape index (κ2) is 8.24. The number of aromatic amines is 1. The van der Waals surface area contributed by atoms with Crippen LogP contribution in [0, 0.1) is 11.7 Å². The van der Waals surface area contributed by atoms with Crippen LogP contribution in [0.5, 0.6) is 5.75 Å². The van der Waals surface area contributed by atoms with Crippen molar-refractivity contribution >= 4 is 23.7 Å². The summed E-state index contributed by atoms with van der Waals surface area (Å²) in [5.74, 6) is -0.918. The zero-order valence-electron chi connectivity index (χ0n) is 16.1.